The Labute approximate surface area is 127 Å². The van der Waals surface area contributed by atoms with Gasteiger partial charge >= 0.3 is 0 Å². The van der Waals surface area contributed by atoms with Crippen molar-refractivity contribution in [2.75, 3.05) is 39.4 Å². The van der Waals surface area contributed by atoms with Gasteiger partial charge in [0.1, 0.15) is 0 Å². The van der Waals surface area contributed by atoms with Crippen molar-refractivity contribution in [2.45, 2.75) is 26.3 Å². The van der Waals surface area contributed by atoms with Crippen molar-refractivity contribution < 1.29 is 9.53 Å². The van der Waals surface area contributed by atoms with Crippen molar-refractivity contribution in [3.8, 4) is 0 Å². The minimum absolute atomic E-state index is 0.127. The van der Waals surface area contributed by atoms with Crippen LogP contribution < -0.4 is 5.32 Å². The fourth-order valence-electron chi connectivity index (χ4n) is 2.51. The van der Waals surface area contributed by atoms with E-state index in [1.165, 1.54) is 5.56 Å². The van der Waals surface area contributed by atoms with Gasteiger partial charge in [-0.3, -0.25) is 9.69 Å². The zero-order valence-corrected chi connectivity index (χ0v) is 13.1. The first-order valence-corrected chi connectivity index (χ1v) is 7.81. The van der Waals surface area contributed by atoms with Crippen LogP contribution >= 0.6 is 0 Å². The van der Waals surface area contributed by atoms with E-state index in [9.17, 15) is 4.79 Å². The molecular weight excluding hydrogens is 264 g/mol. The number of carbonyl (C=O) groups excluding carboxylic acids is 1. The smallest absolute Gasteiger partial charge is 0.179 e. The highest BCUT2D eigenvalue weighted by Gasteiger charge is 2.14. The molecule has 1 saturated heterocycles. The molecule has 1 fully saturated rings. The lowest BCUT2D eigenvalue weighted by molar-refractivity contribution is 0.0374. The molecule has 1 N–H and O–H groups in total. The number of benzene rings is 1. The van der Waals surface area contributed by atoms with E-state index in [4.69, 9.17) is 4.74 Å². The van der Waals surface area contributed by atoms with Crippen LogP contribution in [0.3, 0.4) is 0 Å². The molecule has 21 heavy (non-hydrogen) atoms. The van der Waals surface area contributed by atoms with Crippen molar-refractivity contribution in [1.29, 1.82) is 0 Å². The number of nitrogens with one attached hydrogen (secondary N) is 1. The second-order valence-corrected chi connectivity index (χ2v) is 5.71. The molecule has 0 aliphatic carbocycles. The first kappa shape index (κ1) is 16.1. The number of hydrogen-bond donors (Lipinski definition) is 1. The van der Waals surface area contributed by atoms with Crippen LogP contribution in [0.4, 0.5) is 0 Å². The third kappa shape index (κ3) is 5.23. The Bertz CT molecular complexity index is 439. The summed E-state index contributed by atoms with van der Waals surface area (Å²) in [6, 6.07) is 7.65. The summed E-state index contributed by atoms with van der Waals surface area (Å²) >= 11 is 0. The summed E-state index contributed by atoms with van der Waals surface area (Å²) < 4.78 is 5.33. The van der Waals surface area contributed by atoms with Gasteiger partial charge in [0, 0.05) is 18.7 Å². The molecule has 1 aromatic rings. The summed E-state index contributed by atoms with van der Waals surface area (Å²) in [6.45, 7) is 9.65. The summed E-state index contributed by atoms with van der Waals surface area (Å²) in [7, 11) is 0. The van der Waals surface area contributed by atoms with Crippen LogP contribution in [0, 0.1) is 6.92 Å². The molecule has 1 aliphatic heterocycles. The second-order valence-electron chi connectivity index (χ2n) is 5.71. The minimum Gasteiger partial charge on any atom is -0.379 e. The highest BCUT2D eigenvalue weighted by Crippen LogP contribution is 2.06. The highest BCUT2D eigenvalue weighted by molar-refractivity contribution is 5.99. The zero-order chi connectivity index (χ0) is 15.1. The average molecular weight is 290 g/mol. The Morgan fingerprint density at radius 3 is 2.62 bits per heavy atom. The van der Waals surface area contributed by atoms with Gasteiger partial charge in [-0.1, -0.05) is 29.8 Å². The topological polar surface area (TPSA) is 41.6 Å². The first-order valence-electron chi connectivity index (χ1n) is 7.81. The predicted octanol–water partition coefficient (Wildman–Crippen LogP) is 1.88. The van der Waals surface area contributed by atoms with E-state index in [0.717, 1.165) is 51.4 Å². The van der Waals surface area contributed by atoms with E-state index in [2.05, 4.69) is 10.2 Å². The summed E-state index contributed by atoms with van der Waals surface area (Å²) in [5.74, 6) is 0.168. The lowest BCUT2D eigenvalue weighted by atomic mass is 10.0. The van der Waals surface area contributed by atoms with E-state index in [-0.39, 0.29) is 11.8 Å². The van der Waals surface area contributed by atoms with Crippen molar-refractivity contribution in [1.82, 2.24) is 10.2 Å². The standard InChI is InChI=1S/C17H26N2O2/c1-14-4-6-16(7-5-14)17(20)15(2)18-8-3-9-19-10-12-21-13-11-19/h4-7,15,18H,3,8-13H2,1-2H3. The maximum absolute atomic E-state index is 12.3. The van der Waals surface area contributed by atoms with Crippen molar-refractivity contribution >= 4 is 5.78 Å². The summed E-state index contributed by atoms with van der Waals surface area (Å²) in [5.41, 5.74) is 1.96. The van der Waals surface area contributed by atoms with Crippen LogP contribution in [-0.2, 0) is 4.74 Å². The number of hydrogen-bond acceptors (Lipinski definition) is 4. The molecule has 1 aliphatic rings. The molecule has 0 saturated carbocycles. The maximum atomic E-state index is 12.3. The van der Waals surface area contributed by atoms with Gasteiger partial charge in [-0.05, 0) is 33.4 Å². The van der Waals surface area contributed by atoms with Crippen molar-refractivity contribution in [2.24, 2.45) is 0 Å². The van der Waals surface area contributed by atoms with Crippen LogP contribution in [0.25, 0.3) is 0 Å². The molecule has 0 bridgehead atoms. The van der Waals surface area contributed by atoms with Gasteiger partial charge in [0.25, 0.3) is 0 Å². The van der Waals surface area contributed by atoms with E-state index < -0.39 is 0 Å². The molecule has 0 radical (unpaired) electrons. The SMILES string of the molecule is Cc1ccc(C(=O)C(C)NCCCN2CCOCC2)cc1. The average Bonchev–Trinajstić information content (AvgIpc) is 2.52. The zero-order valence-electron chi connectivity index (χ0n) is 13.1. The summed E-state index contributed by atoms with van der Waals surface area (Å²) in [6.07, 6.45) is 1.06. The van der Waals surface area contributed by atoms with Gasteiger partial charge in [-0.15, -0.1) is 0 Å². The number of nitrogens with zero attached hydrogens (tertiary/aromatic N) is 1. The molecule has 0 spiro atoms. The maximum Gasteiger partial charge on any atom is 0.179 e. The number of Topliss-reactive ketones (excluding diaryl/α,β-unsaturated/α-hetero) is 1. The summed E-state index contributed by atoms with van der Waals surface area (Å²) in [4.78, 5) is 14.7. The minimum atomic E-state index is -0.127. The Hall–Kier alpha value is -1.23. The third-order valence-corrected chi connectivity index (χ3v) is 3.93. The molecular formula is C17H26N2O2. The molecule has 116 valence electrons. The van der Waals surface area contributed by atoms with Gasteiger partial charge < -0.3 is 10.1 Å². The molecule has 0 aromatic heterocycles. The molecule has 4 nitrogen and oxygen atoms in total. The molecule has 0 amide bonds. The van der Waals surface area contributed by atoms with Crippen LogP contribution in [-0.4, -0.2) is 56.1 Å². The van der Waals surface area contributed by atoms with Gasteiger partial charge in [-0.2, -0.15) is 0 Å². The highest BCUT2D eigenvalue weighted by atomic mass is 16.5. The first-order chi connectivity index (χ1) is 10.2. The quantitative estimate of drug-likeness (QED) is 0.615. The van der Waals surface area contributed by atoms with Crippen molar-refractivity contribution in [3.63, 3.8) is 0 Å². The van der Waals surface area contributed by atoms with E-state index >= 15 is 0 Å². The molecule has 1 aromatic carbocycles. The van der Waals surface area contributed by atoms with Crippen LogP contribution in [0.1, 0.15) is 29.3 Å². The molecule has 1 heterocycles. The number of aryl methyl sites for hydroxylation is 1. The van der Waals surface area contributed by atoms with E-state index in [0.29, 0.717) is 0 Å². The fraction of sp³-hybridized carbons (Fsp3) is 0.588. The third-order valence-electron chi connectivity index (χ3n) is 3.93. The Kier molecular flexibility index (Phi) is 6.36. The van der Waals surface area contributed by atoms with Crippen LogP contribution in [0.2, 0.25) is 0 Å². The molecule has 4 heteroatoms. The molecule has 1 atom stereocenters. The van der Waals surface area contributed by atoms with Crippen LogP contribution in [0.5, 0.6) is 0 Å². The van der Waals surface area contributed by atoms with Gasteiger partial charge in [-0.25, -0.2) is 0 Å². The predicted molar refractivity (Wildman–Crippen MR) is 84.9 cm³/mol. The summed E-state index contributed by atoms with van der Waals surface area (Å²) in [5, 5.41) is 3.33. The molecule has 1 unspecified atom stereocenters. The Balaban J connectivity index is 1.67. The van der Waals surface area contributed by atoms with Crippen LogP contribution in [0.15, 0.2) is 24.3 Å². The number of ether oxygens (including phenoxy) is 1. The largest absolute Gasteiger partial charge is 0.379 e. The Morgan fingerprint density at radius 1 is 1.29 bits per heavy atom. The van der Waals surface area contributed by atoms with Gasteiger partial charge in [0.05, 0.1) is 19.3 Å². The fourth-order valence-corrected chi connectivity index (χ4v) is 2.51. The second kappa shape index (κ2) is 8.27. The van der Waals surface area contributed by atoms with Gasteiger partial charge in [0.15, 0.2) is 5.78 Å². The number of morpholine rings is 1. The molecule has 2 rings (SSSR count). The normalized spacial score (nSPS) is 17.6. The van der Waals surface area contributed by atoms with E-state index in [1.807, 2.05) is 38.1 Å². The lowest BCUT2D eigenvalue weighted by Gasteiger charge is -2.26. The van der Waals surface area contributed by atoms with Gasteiger partial charge in [0.2, 0.25) is 0 Å². The number of ketones is 1. The lowest BCUT2D eigenvalue weighted by Crippen LogP contribution is -2.39. The number of carbonyl (C=O) groups is 1. The monoisotopic (exact) mass is 290 g/mol. The van der Waals surface area contributed by atoms with E-state index in [1.54, 1.807) is 0 Å². The van der Waals surface area contributed by atoms with Crippen molar-refractivity contribution in [3.05, 3.63) is 35.4 Å². The Morgan fingerprint density at radius 2 is 1.95 bits per heavy atom. The number of rotatable bonds is 7.